The zero-order valence-electron chi connectivity index (χ0n) is 36.4. The van der Waals surface area contributed by atoms with Gasteiger partial charge < -0.3 is 103 Å². The molecule has 66 heavy (non-hydrogen) atoms. The van der Waals surface area contributed by atoms with Crippen LogP contribution in [0.1, 0.15) is 59.8 Å². The van der Waals surface area contributed by atoms with E-state index >= 15 is 0 Å². The van der Waals surface area contributed by atoms with Gasteiger partial charge in [-0.15, -0.1) is 0 Å². The summed E-state index contributed by atoms with van der Waals surface area (Å²) < 4.78 is 22.8. The Morgan fingerprint density at radius 1 is 0.697 bits per heavy atom. The van der Waals surface area contributed by atoms with Crippen molar-refractivity contribution in [2.45, 2.75) is 157 Å². The van der Waals surface area contributed by atoms with Crippen LogP contribution < -0.4 is 43.4 Å². The van der Waals surface area contributed by atoms with E-state index < -0.39 is 184 Å². The first-order valence-electron chi connectivity index (χ1n) is 20.6. The number of carbonyl (C=O) groups is 9. The molecule has 29 heteroatoms. The second-order valence-corrected chi connectivity index (χ2v) is 15.6. The minimum atomic E-state index is -1.87. The fraction of sp³-hybridized carbons (Fsp3) is 0.757. The lowest BCUT2D eigenvalue weighted by molar-refractivity contribution is -0.331. The van der Waals surface area contributed by atoms with Crippen molar-refractivity contribution in [3.63, 3.8) is 0 Å². The van der Waals surface area contributed by atoms with Gasteiger partial charge in [0.05, 0.1) is 19.3 Å². The molecular weight excluding hydrogens is 892 g/mol. The molecule has 2 aliphatic rings. The predicted molar refractivity (Wildman–Crippen MR) is 217 cm³/mol. The molecule has 0 radical (unpaired) electrons. The molecule has 2 saturated heterocycles. The smallest absolute Gasteiger partial charge is 0.326 e. The highest BCUT2D eigenvalue weighted by Gasteiger charge is 2.52. The third kappa shape index (κ3) is 17.2. The molecule has 0 aromatic rings. The van der Waals surface area contributed by atoms with Crippen molar-refractivity contribution in [3.8, 4) is 0 Å². The normalized spacial score (nSPS) is 27.9. The molecule has 2 aliphatic heterocycles. The zero-order chi connectivity index (χ0) is 50.2. The van der Waals surface area contributed by atoms with Crippen molar-refractivity contribution >= 4 is 53.4 Å². The fourth-order valence-corrected chi connectivity index (χ4v) is 6.58. The first kappa shape index (κ1) is 56.9. The van der Waals surface area contributed by atoms with Gasteiger partial charge in [0, 0.05) is 13.3 Å². The van der Waals surface area contributed by atoms with Crippen molar-refractivity contribution in [1.29, 1.82) is 0 Å². The Morgan fingerprint density at radius 3 is 1.86 bits per heavy atom. The maximum Gasteiger partial charge on any atom is 0.326 e. The van der Waals surface area contributed by atoms with Crippen LogP contribution in [0.3, 0.4) is 0 Å². The summed E-state index contributed by atoms with van der Waals surface area (Å²) in [6.07, 6.45) is -15.9. The number of hydrogen-bond donors (Lipinski definition) is 16. The number of nitrogens with two attached hydrogens (primary N) is 2. The number of nitrogens with one attached hydrogen (secondary N) is 6. The summed E-state index contributed by atoms with van der Waals surface area (Å²) in [5, 5.41) is 92.6. The van der Waals surface area contributed by atoms with Gasteiger partial charge in [0.2, 0.25) is 35.4 Å². The number of carboxylic acids is 3. The number of carbonyl (C=O) groups excluding carboxylic acids is 6. The molecule has 16 unspecified atom stereocenters. The SMILES string of the molecule is CC(=O)NC1C(O)OC(CO)C(OC2OC(CO)C(O)C(O)C2N)C1OC(C)C(=O)NC(C)C(=O)NC(CCC(=O)NC(CCCC(N)C(=O)O)C(=O)NC(C)C(=O)NCC(=O)O)C(=O)O. The maximum atomic E-state index is 13.4. The quantitative estimate of drug-likeness (QED) is 0.0383. The van der Waals surface area contributed by atoms with E-state index in [4.69, 9.17) is 40.6 Å². The van der Waals surface area contributed by atoms with E-state index in [1.165, 1.54) is 20.8 Å². The van der Waals surface area contributed by atoms with Gasteiger partial charge >= 0.3 is 17.9 Å². The summed E-state index contributed by atoms with van der Waals surface area (Å²) in [5.41, 5.74) is 11.5. The van der Waals surface area contributed by atoms with Crippen molar-refractivity contribution in [1.82, 2.24) is 31.9 Å². The average molecular weight is 955 g/mol. The third-order valence-electron chi connectivity index (χ3n) is 10.3. The number of carboxylic acid groups (broad SMARTS) is 3. The van der Waals surface area contributed by atoms with Crippen molar-refractivity contribution in [3.05, 3.63) is 0 Å². The van der Waals surface area contributed by atoms with Crippen LogP contribution in [0, 0.1) is 0 Å². The van der Waals surface area contributed by atoms with E-state index in [0.717, 1.165) is 6.92 Å². The Kier molecular flexibility index (Phi) is 23.1. The van der Waals surface area contributed by atoms with Crippen LogP contribution in [0.15, 0.2) is 0 Å². The lowest BCUT2D eigenvalue weighted by atomic mass is 9.94. The van der Waals surface area contributed by atoms with E-state index in [9.17, 15) is 73.8 Å². The van der Waals surface area contributed by atoms with Crippen LogP contribution in [-0.4, -0.2) is 212 Å². The van der Waals surface area contributed by atoms with Gasteiger partial charge in [-0.05, 0) is 46.5 Å². The predicted octanol–water partition coefficient (Wildman–Crippen LogP) is -8.25. The highest BCUT2D eigenvalue weighted by molar-refractivity contribution is 5.93. The number of rotatable bonds is 26. The molecule has 376 valence electrons. The molecule has 0 saturated carbocycles. The molecule has 2 rings (SSSR count). The first-order valence-corrected chi connectivity index (χ1v) is 20.6. The lowest BCUT2D eigenvalue weighted by Crippen LogP contribution is -2.69. The fourth-order valence-electron chi connectivity index (χ4n) is 6.58. The molecule has 0 bridgehead atoms. The Balaban J connectivity index is 2.15. The van der Waals surface area contributed by atoms with E-state index in [2.05, 4.69) is 31.9 Å². The van der Waals surface area contributed by atoms with E-state index in [0.29, 0.717) is 0 Å². The minimum Gasteiger partial charge on any atom is -0.480 e. The molecule has 0 aliphatic carbocycles. The number of aliphatic carboxylic acids is 3. The highest BCUT2D eigenvalue weighted by Crippen LogP contribution is 2.30. The van der Waals surface area contributed by atoms with E-state index in [-0.39, 0.29) is 19.3 Å². The van der Waals surface area contributed by atoms with Crippen LogP contribution in [0.4, 0.5) is 0 Å². The second-order valence-electron chi connectivity index (χ2n) is 15.6. The molecular formula is C37H62N8O21. The Morgan fingerprint density at radius 2 is 1.30 bits per heavy atom. The van der Waals surface area contributed by atoms with Crippen LogP contribution in [0.5, 0.6) is 0 Å². The molecule has 18 N–H and O–H groups in total. The molecule has 0 spiro atoms. The number of ether oxygens (including phenoxy) is 4. The summed E-state index contributed by atoms with van der Waals surface area (Å²) in [5.74, 6) is -9.79. The molecule has 16 atom stereocenters. The van der Waals surface area contributed by atoms with Gasteiger partial charge in [-0.3, -0.25) is 38.4 Å². The van der Waals surface area contributed by atoms with Crippen molar-refractivity contribution in [2.75, 3.05) is 19.8 Å². The van der Waals surface area contributed by atoms with Gasteiger partial charge in [0.15, 0.2) is 12.6 Å². The molecule has 0 aromatic carbocycles. The number of amides is 6. The molecule has 29 nitrogen and oxygen atoms in total. The highest BCUT2D eigenvalue weighted by atomic mass is 16.7. The number of hydrogen-bond acceptors (Lipinski definition) is 20. The Hall–Kier alpha value is -5.21. The van der Waals surface area contributed by atoms with E-state index in [1.807, 2.05) is 0 Å². The second kappa shape index (κ2) is 26.8. The van der Waals surface area contributed by atoms with Gasteiger partial charge in [0.1, 0.15) is 85.5 Å². The lowest BCUT2D eigenvalue weighted by Gasteiger charge is -2.48. The summed E-state index contributed by atoms with van der Waals surface area (Å²) >= 11 is 0. The van der Waals surface area contributed by atoms with Crippen LogP contribution in [-0.2, 0) is 62.1 Å². The van der Waals surface area contributed by atoms with Crippen molar-refractivity contribution < 1.29 is 103 Å². The van der Waals surface area contributed by atoms with Gasteiger partial charge in [-0.25, -0.2) is 4.79 Å². The van der Waals surface area contributed by atoms with Crippen molar-refractivity contribution in [2.24, 2.45) is 11.5 Å². The average Bonchev–Trinajstić information content (AvgIpc) is 3.24. The summed E-state index contributed by atoms with van der Waals surface area (Å²) in [6.45, 7) is 2.27. The molecule has 0 aromatic heterocycles. The van der Waals surface area contributed by atoms with E-state index in [1.54, 1.807) is 0 Å². The monoisotopic (exact) mass is 954 g/mol. The van der Waals surface area contributed by atoms with Crippen LogP contribution in [0.2, 0.25) is 0 Å². The van der Waals surface area contributed by atoms with Crippen LogP contribution in [0.25, 0.3) is 0 Å². The summed E-state index contributed by atoms with van der Waals surface area (Å²) in [6, 6.07) is -10.2. The van der Waals surface area contributed by atoms with Gasteiger partial charge in [0.25, 0.3) is 0 Å². The molecule has 6 amide bonds. The summed E-state index contributed by atoms with van der Waals surface area (Å²) in [7, 11) is 0. The van der Waals surface area contributed by atoms with Gasteiger partial charge in [-0.2, -0.15) is 0 Å². The largest absolute Gasteiger partial charge is 0.480 e. The zero-order valence-corrected chi connectivity index (χ0v) is 36.4. The topological polar surface area (TPSA) is 477 Å². The van der Waals surface area contributed by atoms with Gasteiger partial charge in [-0.1, -0.05) is 0 Å². The first-order chi connectivity index (χ1) is 30.8. The molecule has 2 fully saturated rings. The Labute approximate surface area is 376 Å². The number of aliphatic hydroxyl groups is 5. The number of aliphatic hydroxyl groups excluding tert-OH is 5. The maximum absolute atomic E-state index is 13.4. The van der Waals surface area contributed by atoms with Crippen LogP contribution >= 0.6 is 0 Å². The Bertz CT molecular complexity index is 1710. The minimum absolute atomic E-state index is 0.0103. The molecule has 2 heterocycles. The standard InChI is InChI=1S/C37H62N8O21/c1-13(30(54)40-10-23(50)51)42-33(57)18(7-5-6-17(38)34(58)59)44-22(49)9-8-19(35(60)61)45-31(55)14(2)41-32(56)15(3)63-29-25(43-16(4)48)36(62)64-21(12-47)28(29)66-37-24(39)27(53)26(52)20(11-46)65-37/h13-15,17-21,24-29,36-37,46-47,52-53,62H,5-12,38-39H2,1-4H3,(H,40,54)(H,41,56)(H,42,57)(H,43,48)(H,44,49)(H,45,55)(H,50,51)(H,58,59)(H,60,61). The third-order valence-corrected chi connectivity index (χ3v) is 10.3. The summed E-state index contributed by atoms with van der Waals surface area (Å²) in [4.78, 5) is 111.